The normalized spacial score (nSPS) is 17.0. The first-order valence-corrected chi connectivity index (χ1v) is 8.00. The van der Waals surface area contributed by atoms with E-state index in [0.717, 1.165) is 45.0 Å². The summed E-state index contributed by atoms with van der Waals surface area (Å²) in [5.41, 5.74) is 2.93. The van der Waals surface area contributed by atoms with E-state index in [1.807, 2.05) is 10.9 Å². The van der Waals surface area contributed by atoms with Gasteiger partial charge in [0.1, 0.15) is 0 Å². The summed E-state index contributed by atoms with van der Waals surface area (Å²) in [6.07, 6.45) is 5.64. The minimum atomic E-state index is 0.319. The minimum absolute atomic E-state index is 0.319. The van der Waals surface area contributed by atoms with Gasteiger partial charge in [-0.1, -0.05) is 44.6 Å². The fourth-order valence-corrected chi connectivity index (χ4v) is 2.62. The Labute approximate surface area is 128 Å². The predicted octanol–water partition coefficient (Wildman–Crippen LogP) is 2.07. The molecule has 0 aliphatic carbocycles. The molecule has 0 radical (unpaired) electrons. The lowest BCUT2D eigenvalue weighted by Crippen LogP contribution is -2.33. The fraction of sp³-hybridized carbons (Fsp3) is 0.750. The van der Waals surface area contributed by atoms with Gasteiger partial charge in [0.15, 0.2) is 0 Å². The Morgan fingerprint density at radius 1 is 1.29 bits per heavy atom. The van der Waals surface area contributed by atoms with Gasteiger partial charge >= 0.3 is 0 Å². The second-order valence-corrected chi connectivity index (χ2v) is 6.78. The topological polar surface area (TPSA) is 46.0 Å². The van der Waals surface area contributed by atoms with Crippen LogP contribution in [0.4, 0.5) is 0 Å². The molecular formula is C16H29N5. The highest BCUT2D eigenvalue weighted by Crippen LogP contribution is 2.29. The lowest BCUT2D eigenvalue weighted by atomic mass is 9.83. The van der Waals surface area contributed by atoms with Crippen molar-refractivity contribution in [2.45, 2.75) is 47.2 Å². The van der Waals surface area contributed by atoms with Crippen LogP contribution in [0.3, 0.4) is 0 Å². The van der Waals surface area contributed by atoms with Crippen LogP contribution in [-0.2, 0) is 13.1 Å². The van der Waals surface area contributed by atoms with Crippen molar-refractivity contribution in [1.29, 1.82) is 0 Å². The van der Waals surface area contributed by atoms with E-state index >= 15 is 0 Å². The molecule has 2 rings (SSSR count). The molecule has 1 aliphatic heterocycles. The molecule has 2 heterocycles. The average Bonchev–Trinajstić information content (AvgIpc) is 2.90. The maximum Gasteiger partial charge on any atom is 0.0964 e. The minimum Gasteiger partial charge on any atom is -0.311 e. The molecule has 1 aliphatic rings. The summed E-state index contributed by atoms with van der Waals surface area (Å²) in [4.78, 5) is 2.49. The van der Waals surface area contributed by atoms with E-state index in [2.05, 4.69) is 54.3 Å². The van der Waals surface area contributed by atoms with Gasteiger partial charge in [0.2, 0.25) is 0 Å². The van der Waals surface area contributed by atoms with Crippen LogP contribution in [0.1, 0.15) is 39.8 Å². The molecule has 0 fully saturated rings. The second-order valence-electron chi connectivity index (χ2n) is 6.78. The van der Waals surface area contributed by atoms with Crippen LogP contribution in [0.15, 0.2) is 17.8 Å². The lowest BCUT2D eigenvalue weighted by molar-refractivity contribution is 0.263. The monoisotopic (exact) mass is 291 g/mol. The Balaban J connectivity index is 1.77. The third-order valence-corrected chi connectivity index (χ3v) is 4.04. The highest BCUT2D eigenvalue weighted by atomic mass is 15.4. The lowest BCUT2D eigenvalue weighted by Gasteiger charge is -2.32. The van der Waals surface area contributed by atoms with Crippen molar-refractivity contribution in [2.75, 3.05) is 26.2 Å². The van der Waals surface area contributed by atoms with E-state index in [1.165, 1.54) is 6.42 Å². The van der Waals surface area contributed by atoms with Gasteiger partial charge in [-0.2, -0.15) is 0 Å². The molecule has 1 aromatic rings. The van der Waals surface area contributed by atoms with Crippen LogP contribution < -0.4 is 5.32 Å². The second kappa shape index (κ2) is 7.18. The fourth-order valence-electron chi connectivity index (χ4n) is 2.62. The largest absolute Gasteiger partial charge is 0.311 e. The molecule has 5 heteroatoms. The SMILES string of the molecule is CCNCc1cn(CCN2CC=C(C(C)(C)C)CC2)nn1. The Bertz CT molecular complexity index is 469. The summed E-state index contributed by atoms with van der Waals surface area (Å²) in [7, 11) is 0. The van der Waals surface area contributed by atoms with Crippen molar-refractivity contribution in [3.63, 3.8) is 0 Å². The van der Waals surface area contributed by atoms with E-state index in [-0.39, 0.29) is 0 Å². The maximum atomic E-state index is 4.19. The molecule has 21 heavy (non-hydrogen) atoms. The molecule has 5 nitrogen and oxygen atoms in total. The first-order valence-electron chi connectivity index (χ1n) is 8.00. The van der Waals surface area contributed by atoms with Crippen molar-refractivity contribution in [2.24, 2.45) is 5.41 Å². The highest BCUT2D eigenvalue weighted by molar-refractivity contribution is 5.14. The summed E-state index contributed by atoms with van der Waals surface area (Å²) in [6.45, 7) is 14.9. The Kier molecular flexibility index (Phi) is 5.53. The average molecular weight is 291 g/mol. The van der Waals surface area contributed by atoms with Crippen LogP contribution in [0.2, 0.25) is 0 Å². The zero-order valence-corrected chi connectivity index (χ0v) is 13.9. The van der Waals surface area contributed by atoms with E-state index in [9.17, 15) is 0 Å². The Morgan fingerprint density at radius 3 is 2.71 bits per heavy atom. The van der Waals surface area contributed by atoms with Crippen molar-refractivity contribution in [3.05, 3.63) is 23.5 Å². The molecule has 0 saturated carbocycles. The van der Waals surface area contributed by atoms with Gasteiger partial charge in [-0.15, -0.1) is 5.10 Å². The van der Waals surface area contributed by atoms with Crippen LogP contribution >= 0.6 is 0 Å². The van der Waals surface area contributed by atoms with Gasteiger partial charge in [0, 0.05) is 32.4 Å². The van der Waals surface area contributed by atoms with Gasteiger partial charge in [-0.3, -0.25) is 9.58 Å². The first kappa shape index (κ1) is 16.2. The van der Waals surface area contributed by atoms with Gasteiger partial charge in [-0.05, 0) is 18.4 Å². The third-order valence-electron chi connectivity index (χ3n) is 4.04. The molecule has 0 atom stereocenters. The molecule has 0 aromatic carbocycles. The van der Waals surface area contributed by atoms with Gasteiger partial charge < -0.3 is 5.32 Å². The molecule has 1 N–H and O–H groups in total. The van der Waals surface area contributed by atoms with Crippen LogP contribution in [0.25, 0.3) is 0 Å². The van der Waals surface area contributed by atoms with Gasteiger partial charge in [0.25, 0.3) is 0 Å². The molecule has 1 aromatic heterocycles. The molecular weight excluding hydrogens is 262 g/mol. The number of rotatable bonds is 6. The predicted molar refractivity (Wildman–Crippen MR) is 86.0 cm³/mol. The first-order chi connectivity index (χ1) is 9.99. The van der Waals surface area contributed by atoms with Crippen molar-refractivity contribution < 1.29 is 0 Å². The van der Waals surface area contributed by atoms with Crippen LogP contribution in [-0.4, -0.2) is 46.1 Å². The number of hydrogen-bond donors (Lipinski definition) is 1. The van der Waals surface area contributed by atoms with Crippen molar-refractivity contribution in [1.82, 2.24) is 25.2 Å². The van der Waals surface area contributed by atoms with E-state index in [0.29, 0.717) is 5.41 Å². The summed E-state index contributed by atoms with van der Waals surface area (Å²) in [6, 6.07) is 0. The number of nitrogens with zero attached hydrogens (tertiary/aromatic N) is 4. The van der Waals surface area contributed by atoms with E-state index in [1.54, 1.807) is 5.57 Å². The molecule has 0 bridgehead atoms. The summed E-state index contributed by atoms with van der Waals surface area (Å²) < 4.78 is 1.95. The quantitative estimate of drug-likeness (QED) is 0.815. The number of aromatic nitrogens is 3. The van der Waals surface area contributed by atoms with E-state index in [4.69, 9.17) is 0 Å². The molecule has 0 spiro atoms. The third kappa shape index (κ3) is 4.93. The zero-order chi connectivity index (χ0) is 15.3. The Hall–Kier alpha value is -1.20. The van der Waals surface area contributed by atoms with Crippen molar-refractivity contribution in [3.8, 4) is 0 Å². The number of hydrogen-bond acceptors (Lipinski definition) is 4. The summed E-state index contributed by atoms with van der Waals surface area (Å²) in [5, 5.41) is 11.6. The van der Waals surface area contributed by atoms with Crippen LogP contribution in [0, 0.1) is 5.41 Å². The number of nitrogens with one attached hydrogen (secondary N) is 1. The molecule has 0 saturated heterocycles. The molecule has 0 amide bonds. The van der Waals surface area contributed by atoms with E-state index < -0.39 is 0 Å². The Morgan fingerprint density at radius 2 is 2.10 bits per heavy atom. The van der Waals surface area contributed by atoms with Gasteiger partial charge in [-0.25, -0.2) is 0 Å². The summed E-state index contributed by atoms with van der Waals surface area (Å²) in [5.74, 6) is 0. The smallest absolute Gasteiger partial charge is 0.0964 e. The van der Waals surface area contributed by atoms with Crippen molar-refractivity contribution >= 4 is 0 Å². The standard InChI is InChI=1S/C16H29N5/c1-5-17-12-15-13-21(19-18-15)11-10-20-8-6-14(7-9-20)16(2,3)4/h6,13,17H,5,7-12H2,1-4H3. The molecule has 0 unspecified atom stereocenters. The zero-order valence-electron chi connectivity index (χ0n) is 13.9. The highest BCUT2D eigenvalue weighted by Gasteiger charge is 2.21. The van der Waals surface area contributed by atoms with Crippen LogP contribution in [0.5, 0.6) is 0 Å². The molecule has 118 valence electrons. The summed E-state index contributed by atoms with van der Waals surface area (Å²) >= 11 is 0. The maximum absolute atomic E-state index is 4.19. The van der Waals surface area contributed by atoms with Gasteiger partial charge in [0.05, 0.1) is 12.2 Å².